The second-order valence-corrected chi connectivity index (χ2v) is 15.5. The Labute approximate surface area is 223 Å². The average Bonchev–Trinajstić information content (AvgIpc) is 2.85. The number of methoxy groups -OCH3 is 1. The molecule has 1 N–H and O–H groups in total. The van der Waals surface area contributed by atoms with Gasteiger partial charge in [-0.25, -0.2) is 0 Å². The van der Waals surface area contributed by atoms with E-state index >= 15 is 0 Å². The van der Waals surface area contributed by atoms with E-state index in [9.17, 15) is 5.11 Å². The Balaban J connectivity index is 2.10. The third-order valence-electron chi connectivity index (χ3n) is 7.07. The highest BCUT2D eigenvalue weighted by molar-refractivity contribution is 6.82. The van der Waals surface area contributed by atoms with Crippen LogP contribution >= 0.6 is 0 Å². The van der Waals surface area contributed by atoms with Crippen molar-refractivity contribution in [1.29, 1.82) is 0 Å². The fraction of sp³-hybridized carbons (Fsp3) is 0.303. The summed E-state index contributed by atoms with van der Waals surface area (Å²) in [4.78, 5) is 0. The van der Waals surface area contributed by atoms with E-state index < -0.39 is 13.5 Å². The average molecular weight is 508 g/mol. The van der Waals surface area contributed by atoms with Gasteiger partial charge in [-0.1, -0.05) is 92.3 Å². The van der Waals surface area contributed by atoms with Crippen LogP contribution in [0.1, 0.15) is 48.6 Å². The van der Waals surface area contributed by atoms with E-state index in [4.69, 9.17) is 9.39 Å². The number of benzene rings is 3. The van der Waals surface area contributed by atoms with Crippen LogP contribution in [-0.2, 0) is 5.22 Å². The molecule has 1 aliphatic rings. The number of allylic oxidation sites excluding steroid dienone is 1. The molecule has 0 radical (unpaired) electrons. The molecule has 1 atom stereocenters. The number of hydrogen-bond acceptors (Lipinski definition) is 3. The van der Waals surface area contributed by atoms with Gasteiger partial charge in [0.1, 0.15) is 11.0 Å². The van der Waals surface area contributed by atoms with Crippen molar-refractivity contribution in [3.63, 3.8) is 0 Å². The predicted octanol–water partition coefficient (Wildman–Crippen LogP) is 7.25. The van der Waals surface area contributed by atoms with E-state index in [1.807, 2.05) is 36.4 Å². The van der Waals surface area contributed by atoms with Crippen molar-refractivity contribution in [1.82, 2.24) is 0 Å². The highest BCUT2D eigenvalue weighted by atomic mass is 28.3. The number of ether oxygens (including phenoxy) is 1. The molecule has 1 heterocycles. The van der Waals surface area contributed by atoms with Gasteiger partial charge >= 0.3 is 0 Å². The number of aryl methyl sites for hydroxylation is 2. The van der Waals surface area contributed by atoms with E-state index in [0.29, 0.717) is 0 Å². The minimum Gasteiger partial charge on any atom is -0.497 e. The Morgan fingerprint density at radius 1 is 0.811 bits per heavy atom. The van der Waals surface area contributed by atoms with Gasteiger partial charge in [0.15, 0.2) is 0 Å². The summed E-state index contributed by atoms with van der Waals surface area (Å²) in [5, 5.41) is 11.6. The summed E-state index contributed by atoms with van der Waals surface area (Å²) < 4.78 is 10.8. The quantitative estimate of drug-likeness (QED) is 0.300. The van der Waals surface area contributed by atoms with Gasteiger partial charge in [0.05, 0.1) is 12.7 Å². The van der Waals surface area contributed by atoms with E-state index in [2.05, 4.69) is 96.0 Å². The Morgan fingerprint density at radius 3 is 1.86 bits per heavy atom. The van der Waals surface area contributed by atoms with E-state index in [0.717, 1.165) is 39.3 Å². The first-order valence-electron chi connectivity index (χ1n) is 12.7. The third-order valence-corrected chi connectivity index (χ3v) is 10.2. The standard InChI is InChI=1S/C33H37NO2Si/c1-23-9-13-25(14-10-23)15-22-29-30(26-16-11-24(2)12-17-26)33(35,27-18-20-28(36-6)21-19-27)37(7,8)34-31(29)32(3,4)5/h9-14,16-21,35H,1-8H3. The maximum absolute atomic E-state index is 12.9. The SMILES string of the molecule is COc1ccc(C2(O)C(c3ccc(C)cc3)=C(C#Cc3ccc(C)cc3)C(C(C)(C)C)=N[Si]2(C)C)cc1. The van der Waals surface area contributed by atoms with E-state index in [1.54, 1.807) is 7.11 Å². The molecule has 0 saturated heterocycles. The van der Waals surface area contributed by atoms with Crippen LogP contribution in [-0.4, -0.2) is 26.2 Å². The topological polar surface area (TPSA) is 41.8 Å². The second kappa shape index (κ2) is 9.82. The van der Waals surface area contributed by atoms with Crippen molar-refractivity contribution in [2.24, 2.45) is 10.1 Å². The van der Waals surface area contributed by atoms with Crippen molar-refractivity contribution in [3.05, 3.63) is 106 Å². The first kappa shape index (κ1) is 26.7. The van der Waals surface area contributed by atoms with Gasteiger partial charge in [-0.05, 0) is 62.3 Å². The van der Waals surface area contributed by atoms with Crippen molar-refractivity contribution in [3.8, 4) is 17.6 Å². The zero-order chi connectivity index (χ0) is 27.0. The first-order chi connectivity index (χ1) is 17.4. The summed E-state index contributed by atoms with van der Waals surface area (Å²) in [5.74, 6) is 7.64. The molecule has 1 aliphatic heterocycles. The molecular formula is C33H37NO2Si. The lowest BCUT2D eigenvalue weighted by Crippen LogP contribution is -2.56. The van der Waals surface area contributed by atoms with Crippen LogP contribution in [0.2, 0.25) is 13.1 Å². The highest BCUT2D eigenvalue weighted by Crippen LogP contribution is 2.50. The Hall–Kier alpha value is -3.39. The minimum absolute atomic E-state index is 0.251. The van der Waals surface area contributed by atoms with Crippen molar-refractivity contribution in [2.45, 2.75) is 52.9 Å². The molecule has 0 aliphatic carbocycles. The molecule has 0 aromatic heterocycles. The van der Waals surface area contributed by atoms with Gasteiger partial charge in [-0.3, -0.25) is 0 Å². The molecule has 3 aromatic rings. The maximum atomic E-state index is 12.9. The molecular weight excluding hydrogens is 470 g/mol. The summed E-state index contributed by atoms with van der Waals surface area (Å²) in [6.07, 6.45) is 0. The van der Waals surface area contributed by atoms with E-state index in [-0.39, 0.29) is 5.41 Å². The van der Waals surface area contributed by atoms with Gasteiger partial charge in [-0.15, -0.1) is 0 Å². The number of aliphatic hydroxyl groups is 1. The van der Waals surface area contributed by atoms with Crippen molar-refractivity contribution in [2.75, 3.05) is 7.11 Å². The van der Waals surface area contributed by atoms with Crippen molar-refractivity contribution < 1.29 is 9.84 Å². The maximum Gasteiger partial charge on any atom is 0.218 e. The predicted molar refractivity (Wildman–Crippen MR) is 157 cm³/mol. The van der Waals surface area contributed by atoms with Crippen LogP contribution in [0.5, 0.6) is 5.75 Å². The fourth-order valence-electron chi connectivity index (χ4n) is 4.86. The Bertz CT molecular complexity index is 1410. The largest absolute Gasteiger partial charge is 0.497 e. The molecule has 0 spiro atoms. The van der Waals surface area contributed by atoms with Gasteiger partial charge in [0, 0.05) is 22.3 Å². The third kappa shape index (κ3) is 5.07. The lowest BCUT2D eigenvalue weighted by molar-refractivity contribution is 0.176. The molecule has 0 saturated carbocycles. The summed E-state index contributed by atoms with van der Waals surface area (Å²) in [7, 11) is -1.07. The van der Waals surface area contributed by atoms with Gasteiger partial charge in [0.25, 0.3) is 0 Å². The first-order valence-corrected chi connectivity index (χ1v) is 15.7. The number of nitrogens with zero attached hydrogens (tertiary/aromatic N) is 1. The molecule has 0 amide bonds. The monoisotopic (exact) mass is 507 g/mol. The van der Waals surface area contributed by atoms with Gasteiger partial charge in [0.2, 0.25) is 8.24 Å². The summed E-state index contributed by atoms with van der Waals surface area (Å²) in [6, 6.07) is 24.4. The molecule has 0 fully saturated rings. The minimum atomic E-state index is -2.73. The lowest BCUT2D eigenvalue weighted by atomic mass is 9.79. The molecule has 1 unspecified atom stereocenters. The van der Waals surface area contributed by atoms with E-state index in [1.165, 1.54) is 11.1 Å². The van der Waals surface area contributed by atoms with Crippen LogP contribution < -0.4 is 4.74 Å². The molecule has 4 rings (SSSR count). The smallest absolute Gasteiger partial charge is 0.218 e. The zero-order valence-corrected chi connectivity index (χ0v) is 24.2. The molecule has 37 heavy (non-hydrogen) atoms. The second-order valence-electron chi connectivity index (χ2n) is 11.4. The van der Waals surface area contributed by atoms with Crippen LogP contribution in [0, 0.1) is 31.1 Å². The Kier molecular flexibility index (Phi) is 7.07. The van der Waals surface area contributed by atoms with Gasteiger partial charge < -0.3 is 14.5 Å². The van der Waals surface area contributed by atoms with Crippen molar-refractivity contribution >= 4 is 19.5 Å². The molecule has 3 aromatic carbocycles. The highest BCUT2D eigenvalue weighted by Gasteiger charge is 2.55. The molecule has 3 nitrogen and oxygen atoms in total. The lowest BCUT2D eigenvalue weighted by Gasteiger charge is -2.46. The fourth-order valence-corrected chi connectivity index (χ4v) is 7.78. The van der Waals surface area contributed by atoms with Gasteiger partial charge in [-0.2, -0.15) is 0 Å². The van der Waals surface area contributed by atoms with Crippen LogP contribution in [0.25, 0.3) is 5.57 Å². The summed E-state index contributed by atoms with van der Waals surface area (Å²) in [5.41, 5.74) is 7.43. The molecule has 4 heteroatoms. The normalized spacial score (nSPS) is 19.1. The number of hydrogen-bond donors (Lipinski definition) is 1. The summed E-state index contributed by atoms with van der Waals surface area (Å²) in [6.45, 7) is 15.0. The Morgan fingerprint density at radius 2 is 1.35 bits per heavy atom. The summed E-state index contributed by atoms with van der Waals surface area (Å²) >= 11 is 0. The molecule has 0 bridgehead atoms. The number of rotatable bonds is 3. The van der Waals surface area contributed by atoms with Crippen LogP contribution in [0.4, 0.5) is 0 Å². The zero-order valence-electron chi connectivity index (χ0n) is 23.2. The van der Waals surface area contributed by atoms with Crippen LogP contribution in [0.3, 0.4) is 0 Å². The molecule has 190 valence electrons. The van der Waals surface area contributed by atoms with Crippen LogP contribution in [0.15, 0.2) is 83.0 Å².